The van der Waals surface area contributed by atoms with Gasteiger partial charge in [-0.3, -0.25) is 4.79 Å². The van der Waals surface area contributed by atoms with E-state index >= 15 is 0 Å². The molecule has 4 heteroatoms. The molecular formula is C17H21ClF2O. The van der Waals surface area contributed by atoms with E-state index in [4.69, 9.17) is 11.6 Å². The number of carbonyl (C=O) groups excluding carboxylic acids is 1. The van der Waals surface area contributed by atoms with Crippen molar-refractivity contribution in [2.24, 2.45) is 11.8 Å². The molecule has 2 rings (SSSR count). The van der Waals surface area contributed by atoms with Gasteiger partial charge in [0.2, 0.25) is 0 Å². The van der Waals surface area contributed by atoms with Gasteiger partial charge in [-0.2, -0.15) is 0 Å². The highest BCUT2D eigenvalue weighted by atomic mass is 35.5. The fourth-order valence-corrected chi connectivity index (χ4v) is 3.38. The van der Waals surface area contributed by atoms with E-state index in [0.717, 1.165) is 37.8 Å². The van der Waals surface area contributed by atoms with Crippen molar-refractivity contribution in [3.05, 3.63) is 34.4 Å². The Labute approximate surface area is 129 Å². The first-order valence-electron chi connectivity index (χ1n) is 7.71. The summed E-state index contributed by atoms with van der Waals surface area (Å²) in [5.74, 6) is -1.58. The van der Waals surface area contributed by atoms with Crippen LogP contribution in [-0.4, -0.2) is 5.78 Å². The van der Waals surface area contributed by atoms with Crippen LogP contribution in [0.4, 0.5) is 8.78 Å². The zero-order valence-corrected chi connectivity index (χ0v) is 13.1. The molecular weight excluding hydrogens is 294 g/mol. The third-order valence-corrected chi connectivity index (χ3v) is 4.77. The van der Waals surface area contributed by atoms with Crippen molar-refractivity contribution in [1.29, 1.82) is 0 Å². The third-order valence-electron chi connectivity index (χ3n) is 4.46. The van der Waals surface area contributed by atoms with Crippen LogP contribution < -0.4 is 0 Å². The van der Waals surface area contributed by atoms with Crippen LogP contribution in [0.5, 0.6) is 0 Å². The quantitative estimate of drug-likeness (QED) is 0.496. The van der Waals surface area contributed by atoms with Gasteiger partial charge in [0.05, 0.1) is 5.02 Å². The second-order valence-corrected chi connectivity index (χ2v) is 6.38. The minimum absolute atomic E-state index is 0.00649. The Morgan fingerprint density at radius 2 is 1.81 bits per heavy atom. The average molecular weight is 315 g/mol. The topological polar surface area (TPSA) is 17.1 Å². The molecule has 116 valence electrons. The van der Waals surface area contributed by atoms with Crippen LogP contribution in [0.25, 0.3) is 0 Å². The van der Waals surface area contributed by atoms with Crippen molar-refractivity contribution in [2.75, 3.05) is 0 Å². The summed E-state index contributed by atoms with van der Waals surface area (Å²) in [5.41, 5.74) is 0.118. The highest BCUT2D eigenvalue weighted by molar-refractivity contribution is 6.34. The molecule has 1 saturated carbocycles. The summed E-state index contributed by atoms with van der Waals surface area (Å²) >= 11 is 5.89. The standard InChI is InChI=1S/C17H21ClF2O/c1-2-3-4-11-5-7-12(8-6-11)17(21)13-9-15(19)16(20)10-14(13)18/h9-12H,2-8H2,1H3. The predicted octanol–water partition coefficient (Wildman–Crippen LogP) is 5.80. The molecule has 0 aliphatic heterocycles. The van der Waals surface area contributed by atoms with Crippen molar-refractivity contribution in [1.82, 2.24) is 0 Å². The molecule has 1 aliphatic carbocycles. The van der Waals surface area contributed by atoms with Crippen molar-refractivity contribution in [3.8, 4) is 0 Å². The molecule has 0 amide bonds. The molecule has 0 atom stereocenters. The van der Waals surface area contributed by atoms with Crippen molar-refractivity contribution < 1.29 is 13.6 Å². The van der Waals surface area contributed by atoms with E-state index < -0.39 is 11.6 Å². The molecule has 1 aliphatic rings. The smallest absolute Gasteiger partial charge is 0.167 e. The average Bonchev–Trinajstić information content (AvgIpc) is 2.48. The monoisotopic (exact) mass is 314 g/mol. The van der Waals surface area contributed by atoms with E-state index in [0.29, 0.717) is 5.92 Å². The van der Waals surface area contributed by atoms with E-state index in [1.54, 1.807) is 0 Å². The fraction of sp³-hybridized carbons (Fsp3) is 0.588. The second-order valence-electron chi connectivity index (χ2n) is 5.97. The maximum Gasteiger partial charge on any atom is 0.167 e. The molecule has 0 spiro atoms. The summed E-state index contributed by atoms with van der Waals surface area (Å²) in [5, 5.41) is 0.00649. The molecule has 1 nitrogen and oxygen atoms in total. The maximum absolute atomic E-state index is 13.3. The van der Waals surface area contributed by atoms with Crippen molar-refractivity contribution in [2.45, 2.75) is 51.9 Å². The van der Waals surface area contributed by atoms with Crippen LogP contribution in [-0.2, 0) is 0 Å². The summed E-state index contributed by atoms with van der Waals surface area (Å²) in [6.07, 6.45) is 7.38. The lowest BCUT2D eigenvalue weighted by Gasteiger charge is -2.27. The lowest BCUT2D eigenvalue weighted by atomic mass is 9.77. The number of carbonyl (C=O) groups is 1. The number of halogens is 3. The molecule has 1 aromatic rings. The normalized spacial score (nSPS) is 22.3. The van der Waals surface area contributed by atoms with Gasteiger partial charge in [-0.05, 0) is 43.7 Å². The summed E-state index contributed by atoms with van der Waals surface area (Å²) in [7, 11) is 0. The molecule has 21 heavy (non-hydrogen) atoms. The van der Waals surface area contributed by atoms with E-state index in [9.17, 15) is 13.6 Å². The van der Waals surface area contributed by atoms with Crippen molar-refractivity contribution >= 4 is 17.4 Å². The third kappa shape index (κ3) is 4.03. The number of rotatable bonds is 5. The Kier molecular flexibility index (Phi) is 5.74. The molecule has 0 heterocycles. The number of ketones is 1. The fourth-order valence-electron chi connectivity index (χ4n) is 3.14. The summed E-state index contributed by atoms with van der Waals surface area (Å²) in [6.45, 7) is 2.18. The second kappa shape index (κ2) is 7.35. The van der Waals surface area contributed by atoms with Crippen LogP contribution in [0.3, 0.4) is 0 Å². The van der Waals surface area contributed by atoms with Crippen LogP contribution in [0.2, 0.25) is 5.02 Å². The van der Waals surface area contributed by atoms with Gasteiger partial charge in [0.15, 0.2) is 17.4 Å². The summed E-state index contributed by atoms with van der Waals surface area (Å²) in [6, 6.07) is 1.82. The number of unbranched alkanes of at least 4 members (excludes halogenated alkanes) is 1. The molecule has 0 unspecified atom stereocenters. The Morgan fingerprint density at radius 3 is 2.43 bits per heavy atom. The lowest BCUT2D eigenvalue weighted by molar-refractivity contribution is 0.0869. The number of benzene rings is 1. The van der Waals surface area contributed by atoms with Gasteiger partial charge in [0.25, 0.3) is 0 Å². The van der Waals surface area contributed by atoms with E-state index in [1.807, 2.05) is 0 Å². The first kappa shape index (κ1) is 16.4. The Morgan fingerprint density at radius 1 is 1.19 bits per heavy atom. The molecule has 0 N–H and O–H groups in total. The van der Waals surface area contributed by atoms with E-state index in [2.05, 4.69) is 6.92 Å². The van der Waals surface area contributed by atoms with Gasteiger partial charge in [-0.25, -0.2) is 8.78 Å². The summed E-state index contributed by atoms with van der Waals surface area (Å²) in [4.78, 5) is 12.4. The number of hydrogen-bond acceptors (Lipinski definition) is 1. The van der Waals surface area contributed by atoms with Crippen LogP contribution in [0.1, 0.15) is 62.2 Å². The number of hydrogen-bond donors (Lipinski definition) is 0. The summed E-state index contributed by atoms with van der Waals surface area (Å²) < 4.78 is 26.4. The molecule has 1 aromatic carbocycles. The first-order valence-corrected chi connectivity index (χ1v) is 8.09. The van der Waals surface area contributed by atoms with Gasteiger partial charge in [-0.1, -0.05) is 37.8 Å². The largest absolute Gasteiger partial charge is 0.294 e. The SMILES string of the molecule is CCCCC1CCC(C(=O)c2cc(F)c(F)cc2Cl)CC1. The van der Waals surface area contributed by atoms with Gasteiger partial charge in [-0.15, -0.1) is 0 Å². The zero-order valence-electron chi connectivity index (χ0n) is 12.3. The van der Waals surface area contributed by atoms with Crippen molar-refractivity contribution in [3.63, 3.8) is 0 Å². The van der Waals surface area contributed by atoms with Crippen LogP contribution in [0, 0.1) is 23.5 Å². The first-order chi connectivity index (χ1) is 10.0. The molecule has 0 saturated heterocycles. The Hall–Kier alpha value is -0.960. The molecule has 0 radical (unpaired) electrons. The minimum atomic E-state index is -1.01. The highest BCUT2D eigenvalue weighted by Gasteiger charge is 2.28. The predicted molar refractivity (Wildman–Crippen MR) is 80.7 cm³/mol. The van der Waals surface area contributed by atoms with Gasteiger partial charge < -0.3 is 0 Å². The van der Waals surface area contributed by atoms with Gasteiger partial charge in [0, 0.05) is 11.5 Å². The van der Waals surface area contributed by atoms with Gasteiger partial charge in [0.1, 0.15) is 0 Å². The van der Waals surface area contributed by atoms with Crippen LogP contribution >= 0.6 is 11.6 Å². The van der Waals surface area contributed by atoms with Gasteiger partial charge >= 0.3 is 0 Å². The molecule has 0 aromatic heterocycles. The number of Topliss-reactive ketones (excluding diaryl/α,β-unsaturated/α-hetero) is 1. The Balaban J connectivity index is 2.00. The van der Waals surface area contributed by atoms with E-state index in [1.165, 1.54) is 19.3 Å². The molecule has 0 bridgehead atoms. The highest BCUT2D eigenvalue weighted by Crippen LogP contribution is 2.35. The lowest BCUT2D eigenvalue weighted by Crippen LogP contribution is -2.22. The minimum Gasteiger partial charge on any atom is -0.294 e. The molecule has 1 fully saturated rings. The van der Waals surface area contributed by atoms with Crippen LogP contribution in [0.15, 0.2) is 12.1 Å². The Bertz CT molecular complexity index is 508. The maximum atomic E-state index is 13.3. The zero-order chi connectivity index (χ0) is 15.4. The van der Waals surface area contributed by atoms with E-state index in [-0.39, 0.29) is 22.3 Å².